The van der Waals surface area contributed by atoms with Gasteiger partial charge in [0.05, 0.1) is 10.6 Å². The van der Waals surface area contributed by atoms with Crippen LogP contribution in [0, 0.1) is 0 Å². The van der Waals surface area contributed by atoms with Gasteiger partial charge in [0, 0.05) is 12.2 Å². The molecule has 0 atom stereocenters. The number of halogens is 1. The minimum Gasteiger partial charge on any atom is -0.506 e. The van der Waals surface area contributed by atoms with Crippen LogP contribution in [0.15, 0.2) is 27.8 Å². The van der Waals surface area contributed by atoms with E-state index in [2.05, 4.69) is 10.2 Å². The maximum absolute atomic E-state index is 10.4. The quantitative estimate of drug-likeness (QED) is 0.624. The third kappa shape index (κ3) is 3.64. The van der Waals surface area contributed by atoms with Crippen LogP contribution in [0.3, 0.4) is 0 Å². The highest BCUT2D eigenvalue weighted by atomic mass is 35.5. The molecule has 2 N–H and O–H groups in total. The van der Waals surface area contributed by atoms with Crippen LogP contribution in [0.1, 0.15) is 12.8 Å². The summed E-state index contributed by atoms with van der Waals surface area (Å²) < 4.78 is 5.41. The number of carboxylic acid groups (broad SMARTS) is 1. The molecule has 0 spiro atoms. The highest BCUT2D eigenvalue weighted by Gasteiger charge is 2.14. The van der Waals surface area contributed by atoms with Gasteiger partial charge in [0.2, 0.25) is 5.89 Å². The first-order valence-electron chi connectivity index (χ1n) is 5.74. The first-order valence-corrected chi connectivity index (χ1v) is 7.10. The van der Waals surface area contributed by atoms with Crippen LogP contribution in [0.2, 0.25) is 5.02 Å². The molecule has 2 aromatic rings. The number of carbonyl (C=O) groups is 1. The van der Waals surface area contributed by atoms with Crippen molar-refractivity contribution in [1.29, 1.82) is 0 Å². The lowest BCUT2D eigenvalue weighted by Crippen LogP contribution is -1.94. The van der Waals surface area contributed by atoms with Crippen LogP contribution in [-0.4, -0.2) is 32.1 Å². The van der Waals surface area contributed by atoms with Crippen LogP contribution in [0.25, 0.3) is 11.5 Å². The van der Waals surface area contributed by atoms with Crippen LogP contribution >= 0.6 is 23.4 Å². The second-order valence-corrected chi connectivity index (χ2v) is 5.28. The Morgan fingerprint density at radius 2 is 2.20 bits per heavy atom. The molecule has 0 fully saturated rings. The predicted molar refractivity (Wildman–Crippen MR) is 74.0 cm³/mol. The Balaban J connectivity index is 2.02. The number of aromatic hydroxyl groups is 1. The Kier molecular flexibility index (Phi) is 4.86. The van der Waals surface area contributed by atoms with Gasteiger partial charge in [-0.2, -0.15) is 0 Å². The van der Waals surface area contributed by atoms with Crippen molar-refractivity contribution in [2.45, 2.75) is 18.1 Å². The lowest BCUT2D eigenvalue weighted by atomic mass is 10.2. The van der Waals surface area contributed by atoms with Gasteiger partial charge in [-0.25, -0.2) is 0 Å². The summed E-state index contributed by atoms with van der Waals surface area (Å²) >= 11 is 7.23. The van der Waals surface area contributed by atoms with Crippen LogP contribution in [0.4, 0.5) is 0 Å². The average molecular weight is 315 g/mol. The standard InChI is InChI=1S/C12H11ClN2O4S/c13-10-7(3-1-4-8(10)16)11-14-15-12(19-11)20-6-2-5-9(17)18/h1,3-4,16H,2,5-6H2,(H,17,18). The molecule has 0 saturated heterocycles. The SMILES string of the molecule is O=C(O)CCCSc1nnc(-c2cccc(O)c2Cl)o1. The highest BCUT2D eigenvalue weighted by molar-refractivity contribution is 7.99. The maximum atomic E-state index is 10.4. The third-order valence-corrected chi connectivity index (χ3v) is 3.68. The first kappa shape index (κ1) is 14.7. The molecule has 0 aliphatic heterocycles. The molecule has 0 saturated carbocycles. The number of hydrogen-bond donors (Lipinski definition) is 2. The second kappa shape index (κ2) is 6.62. The number of nitrogens with zero attached hydrogens (tertiary/aromatic N) is 2. The Labute approximate surface area is 123 Å². The molecule has 0 amide bonds. The summed E-state index contributed by atoms with van der Waals surface area (Å²) in [5.74, 6) is -0.102. The van der Waals surface area contributed by atoms with Gasteiger partial charge in [0.25, 0.3) is 5.22 Å². The van der Waals surface area contributed by atoms with Crippen LogP contribution < -0.4 is 0 Å². The molecular formula is C12H11ClN2O4S. The zero-order chi connectivity index (χ0) is 14.5. The van der Waals surface area contributed by atoms with Gasteiger partial charge in [0.15, 0.2) is 0 Å². The molecule has 0 bridgehead atoms. The number of aromatic nitrogens is 2. The molecule has 0 unspecified atom stereocenters. The molecule has 0 aliphatic rings. The number of rotatable bonds is 6. The third-order valence-electron chi connectivity index (χ3n) is 2.38. The maximum Gasteiger partial charge on any atom is 0.303 e. The summed E-state index contributed by atoms with van der Waals surface area (Å²) in [5.41, 5.74) is 0.455. The van der Waals surface area contributed by atoms with E-state index >= 15 is 0 Å². The van der Waals surface area contributed by atoms with Crippen molar-refractivity contribution in [2.24, 2.45) is 0 Å². The fraction of sp³-hybridized carbons (Fsp3) is 0.250. The zero-order valence-corrected chi connectivity index (χ0v) is 11.8. The fourth-order valence-corrected chi connectivity index (χ4v) is 2.35. The molecular weight excluding hydrogens is 304 g/mol. The van der Waals surface area contributed by atoms with Gasteiger partial charge in [-0.1, -0.05) is 29.4 Å². The fourth-order valence-electron chi connectivity index (χ4n) is 1.44. The number of phenols is 1. The molecule has 2 rings (SSSR count). The van der Waals surface area contributed by atoms with Crippen LogP contribution in [-0.2, 0) is 4.79 Å². The minimum absolute atomic E-state index is 0.0574. The normalized spacial score (nSPS) is 10.7. The van der Waals surface area contributed by atoms with Crippen molar-refractivity contribution in [1.82, 2.24) is 10.2 Å². The Morgan fingerprint density at radius 1 is 1.40 bits per heavy atom. The molecule has 1 aromatic carbocycles. The van der Waals surface area contributed by atoms with E-state index in [1.54, 1.807) is 12.1 Å². The van der Waals surface area contributed by atoms with E-state index in [4.69, 9.17) is 21.1 Å². The van der Waals surface area contributed by atoms with Gasteiger partial charge in [-0.05, 0) is 18.6 Å². The number of aliphatic carboxylic acids is 1. The summed E-state index contributed by atoms with van der Waals surface area (Å²) in [7, 11) is 0. The molecule has 1 aromatic heterocycles. The largest absolute Gasteiger partial charge is 0.506 e. The van der Waals surface area contributed by atoms with Crippen molar-refractivity contribution >= 4 is 29.3 Å². The van der Waals surface area contributed by atoms with E-state index in [0.717, 1.165) is 0 Å². The van der Waals surface area contributed by atoms with Gasteiger partial charge < -0.3 is 14.6 Å². The molecule has 0 radical (unpaired) electrons. The summed E-state index contributed by atoms with van der Waals surface area (Å²) in [6.07, 6.45) is 0.622. The van der Waals surface area contributed by atoms with Crippen molar-refractivity contribution in [2.75, 3.05) is 5.75 Å². The van der Waals surface area contributed by atoms with E-state index in [1.165, 1.54) is 17.8 Å². The monoisotopic (exact) mass is 314 g/mol. The number of phenolic OH excluding ortho intramolecular Hbond substituents is 1. The number of hydrogen-bond acceptors (Lipinski definition) is 6. The van der Waals surface area contributed by atoms with Gasteiger partial charge in [-0.3, -0.25) is 4.79 Å². The number of carboxylic acids is 1. The Morgan fingerprint density at radius 3 is 2.95 bits per heavy atom. The van der Waals surface area contributed by atoms with Crippen molar-refractivity contribution in [3.8, 4) is 17.2 Å². The van der Waals surface area contributed by atoms with E-state index in [9.17, 15) is 9.90 Å². The molecule has 8 heteroatoms. The van der Waals surface area contributed by atoms with Crippen molar-refractivity contribution in [3.05, 3.63) is 23.2 Å². The van der Waals surface area contributed by atoms with Gasteiger partial charge in [0.1, 0.15) is 5.75 Å². The predicted octanol–water partition coefficient (Wildman–Crippen LogP) is 3.05. The van der Waals surface area contributed by atoms with Crippen molar-refractivity contribution < 1.29 is 19.4 Å². The molecule has 0 aliphatic carbocycles. The van der Waals surface area contributed by atoms with E-state index in [1.807, 2.05) is 0 Å². The summed E-state index contributed by atoms with van der Waals surface area (Å²) in [6, 6.07) is 4.75. The van der Waals surface area contributed by atoms with Crippen LogP contribution in [0.5, 0.6) is 5.75 Å². The molecule has 6 nitrogen and oxygen atoms in total. The van der Waals surface area contributed by atoms with E-state index < -0.39 is 5.97 Å². The summed E-state index contributed by atoms with van der Waals surface area (Å²) in [5, 5.41) is 26.2. The topological polar surface area (TPSA) is 96.5 Å². The van der Waals surface area contributed by atoms with E-state index in [0.29, 0.717) is 23.0 Å². The smallest absolute Gasteiger partial charge is 0.303 e. The molecule has 106 valence electrons. The lowest BCUT2D eigenvalue weighted by molar-refractivity contribution is -0.137. The highest BCUT2D eigenvalue weighted by Crippen LogP contribution is 2.34. The number of benzene rings is 1. The molecule has 20 heavy (non-hydrogen) atoms. The summed E-state index contributed by atoms with van der Waals surface area (Å²) in [6.45, 7) is 0. The zero-order valence-electron chi connectivity index (χ0n) is 10.2. The Bertz CT molecular complexity index is 617. The van der Waals surface area contributed by atoms with Gasteiger partial charge in [-0.15, -0.1) is 10.2 Å². The number of thioether (sulfide) groups is 1. The Hall–Kier alpha value is -1.73. The lowest BCUT2D eigenvalue weighted by Gasteiger charge is -2.00. The average Bonchev–Trinajstić information content (AvgIpc) is 2.86. The van der Waals surface area contributed by atoms with E-state index in [-0.39, 0.29) is 23.1 Å². The summed E-state index contributed by atoms with van der Waals surface area (Å²) in [4.78, 5) is 10.4. The second-order valence-electron chi connectivity index (χ2n) is 3.86. The minimum atomic E-state index is -0.830. The molecule has 1 heterocycles. The van der Waals surface area contributed by atoms with Gasteiger partial charge >= 0.3 is 5.97 Å². The first-order chi connectivity index (χ1) is 9.58. The van der Waals surface area contributed by atoms with Crippen molar-refractivity contribution in [3.63, 3.8) is 0 Å².